The summed E-state index contributed by atoms with van der Waals surface area (Å²) >= 11 is 0. The van der Waals surface area contributed by atoms with Crippen molar-refractivity contribution in [2.75, 3.05) is 19.5 Å². The fourth-order valence-corrected chi connectivity index (χ4v) is 1.50. The van der Waals surface area contributed by atoms with Gasteiger partial charge in [-0.15, -0.1) is 0 Å². The fourth-order valence-electron chi connectivity index (χ4n) is 1.50. The van der Waals surface area contributed by atoms with Crippen molar-refractivity contribution in [3.05, 3.63) is 28.7 Å². The van der Waals surface area contributed by atoms with E-state index in [1.54, 1.807) is 25.3 Å². The summed E-state index contributed by atoms with van der Waals surface area (Å²) in [5.74, 6) is -0.403. The van der Waals surface area contributed by atoms with Gasteiger partial charge in [-0.25, -0.2) is 4.79 Å². The number of fused-ring (bicyclic) bond motifs is 1. The van der Waals surface area contributed by atoms with Crippen LogP contribution in [0.2, 0.25) is 0 Å². The summed E-state index contributed by atoms with van der Waals surface area (Å²) in [5, 5.41) is 0. The fraction of sp³-hybridized carbons (Fsp3) is 0.300. The Bertz CT molecular complexity index is 527. The topological polar surface area (TPSA) is 70.4 Å². The van der Waals surface area contributed by atoms with Crippen molar-refractivity contribution in [1.82, 2.24) is 4.57 Å². The highest BCUT2D eigenvalue weighted by Crippen LogP contribution is 2.19. The van der Waals surface area contributed by atoms with E-state index in [0.29, 0.717) is 29.9 Å². The van der Waals surface area contributed by atoms with Crippen LogP contribution in [-0.2, 0) is 11.3 Å². The number of para-hydroxylation sites is 1. The quantitative estimate of drug-likeness (QED) is 0.758. The molecule has 1 aromatic heterocycles. The minimum atomic E-state index is -0.403. The molecular weight excluding hydrogens is 196 g/mol. The average molecular weight is 208 g/mol. The van der Waals surface area contributed by atoms with Gasteiger partial charge < -0.3 is 14.9 Å². The predicted molar refractivity (Wildman–Crippen MR) is 56.8 cm³/mol. The first-order valence-electron chi connectivity index (χ1n) is 4.61. The Balaban J connectivity index is 2.58. The molecule has 2 rings (SSSR count). The Kier molecular flexibility index (Phi) is 2.47. The van der Waals surface area contributed by atoms with E-state index in [0.717, 1.165) is 0 Å². The molecule has 2 aromatic rings. The summed E-state index contributed by atoms with van der Waals surface area (Å²) in [6.45, 7) is 0.926. The van der Waals surface area contributed by atoms with Gasteiger partial charge in [0.05, 0.1) is 24.4 Å². The first-order valence-corrected chi connectivity index (χ1v) is 4.61. The Morgan fingerprint density at radius 3 is 3.07 bits per heavy atom. The zero-order valence-corrected chi connectivity index (χ0v) is 8.40. The highest BCUT2D eigenvalue weighted by molar-refractivity contribution is 5.84. The second-order valence-electron chi connectivity index (χ2n) is 3.21. The van der Waals surface area contributed by atoms with Crippen LogP contribution in [0.15, 0.2) is 27.4 Å². The first kappa shape index (κ1) is 9.79. The SMILES string of the molecule is COCCn1c(=O)oc2c(N)cccc21. The molecule has 5 heteroatoms. The molecule has 15 heavy (non-hydrogen) atoms. The molecule has 0 atom stereocenters. The van der Waals surface area contributed by atoms with Gasteiger partial charge in [0.25, 0.3) is 0 Å². The maximum absolute atomic E-state index is 11.5. The van der Waals surface area contributed by atoms with E-state index in [9.17, 15) is 4.79 Å². The summed E-state index contributed by atoms with van der Waals surface area (Å²) in [7, 11) is 1.58. The predicted octanol–water partition coefficient (Wildman–Crippen LogP) is 0.823. The highest BCUT2D eigenvalue weighted by atomic mass is 16.5. The number of benzene rings is 1. The summed E-state index contributed by atoms with van der Waals surface area (Å²) < 4.78 is 11.5. The van der Waals surface area contributed by atoms with Crippen LogP contribution < -0.4 is 11.5 Å². The van der Waals surface area contributed by atoms with E-state index in [4.69, 9.17) is 14.9 Å². The molecule has 0 aliphatic rings. The maximum Gasteiger partial charge on any atom is 0.420 e. The molecule has 0 spiro atoms. The lowest BCUT2D eigenvalue weighted by Gasteiger charge is -2.00. The summed E-state index contributed by atoms with van der Waals surface area (Å²) in [4.78, 5) is 11.5. The molecule has 0 saturated heterocycles. The number of rotatable bonds is 3. The van der Waals surface area contributed by atoms with Crippen molar-refractivity contribution in [2.24, 2.45) is 0 Å². The third-order valence-electron chi connectivity index (χ3n) is 2.24. The number of methoxy groups -OCH3 is 1. The summed E-state index contributed by atoms with van der Waals surface area (Å²) in [6, 6.07) is 5.29. The highest BCUT2D eigenvalue weighted by Gasteiger charge is 2.10. The Hall–Kier alpha value is -1.75. The van der Waals surface area contributed by atoms with Crippen LogP contribution in [0.3, 0.4) is 0 Å². The molecule has 2 N–H and O–H groups in total. The van der Waals surface area contributed by atoms with E-state index in [1.807, 2.05) is 0 Å². The third-order valence-corrected chi connectivity index (χ3v) is 2.24. The second-order valence-corrected chi connectivity index (χ2v) is 3.21. The number of nitrogens with zero attached hydrogens (tertiary/aromatic N) is 1. The molecule has 0 saturated carbocycles. The average Bonchev–Trinajstić information content (AvgIpc) is 2.54. The Labute approximate surface area is 86.0 Å². The number of nitrogens with two attached hydrogens (primary N) is 1. The van der Waals surface area contributed by atoms with Crippen molar-refractivity contribution in [3.63, 3.8) is 0 Å². The molecule has 0 aliphatic carbocycles. The minimum absolute atomic E-state index is 0.403. The standard InChI is InChI=1S/C10H12N2O3/c1-14-6-5-12-8-4-2-3-7(11)9(8)15-10(12)13/h2-4H,5-6,11H2,1H3. The van der Waals surface area contributed by atoms with Crippen LogP contribution >= 0.6 is 0 Å². The van der Waals surface area contributed by atoms with Gasteiger partial charge in [0, 0.05) is 7.11 Å². The van der Waals surface area contributed by atoms with E-state index < -0.39 is 5.76 Å². The number of hydrogen-bond acceptors (Lipinski definition) is 4. The first-order chi connectivity index (χ1) is 7.24. The molecule has 0 aliphatic heterocycles. The van der Waals surface area contributed by atoms with Crippen LogP contribution in [0.5, 0.6) is 0 Å². The minimum Gasteiger partial charge on any atom is -0.405 e. The van der Waals surface area contributed by atoms with Crippen LogP contribution in [0.25, 0.3) is 11.1 Å². The molecule has 0 unspecified atom stereocenters. The van der Waals surface area contributed by atoms with Gasteiger partial charge in [0.1, 0.15) is 0 Å². The van der Waals surface area contributed by atoms with Gasteiger partial charge in [0.2, 0.25) is 0 Å². The number of ether oxygens (including phenoxy) is 1. The monoisotopic (exact) mass is 208 g/mol. The molecule has 0 bridgehead atoms. The molecule has 0 radical (unpaired) electrons. The normalized spacial score (nSPS) is 11.0. The number of hydrogen-bond donors (Lipinski definition) is 1. The smallest absolute Gasteiger partial charge is 0.405 e. The number of anilines is 1. The van der Waals surface area contributed by atoms with Crippen LogP contribution in [0, 0.1) is 0 Å². The van der Waals surface area contributed by atoms with Gasteiger partial charge in [-0.05, 0) is 12.1 Å². The summed E-state index contributed by atoms with van der Waals surface area (Å²) in [5.41, 5.74) is 7.31. The molecule has 0 amide bonds. The molecular formula is C10H12N2O3. The molecule has 0 fully saturated rings. The number of aromatic nitrogens is 1. The van der Waals surface area contributed by atoms with Crippen molar-refractivity contribution < 1.29 is 9.15 Å². The van der Waals surface area contributed by atoms with Gasteiger partial charge in [-0.3, -0.25) is 4.57 Å². The van der Waals surface area contributed by atoms with Gasteiger partial charge in [-0.2, -0.15) is 0 Å². The molecule has 1 aromatic carbocycles. The van der Waals surface area contributed by atoms with Crippen molar-refractivity contribution >= 4 is 16.8 Å². The van der Waals surface area contributed by atoms with E-state index in [2.05, 4.69) is 0 Å². The van der Waals surface area contributed by atoms with Crippen LogP contribution in [0.4, 0.5) is 5.69 Å². The lowest BCUT2D eigenvalue weighted by Crippen LogP contribution is -2.16. The van der Waals surface area contributed by atoms with Gasteiger partial charge in [-0.1, -0.05) is 6.07 Å². The lowest BCUT2D eigenvalue weighted by atomic mass is 10.3. The molecule has 5 nitrogen and oxygen atoms in total. The lowest BCUT2D eigenvalue weighted by molar-refractivity contribution is 0.186. The number of nitrogen functional groups attached to an aromatic ring is 1. The van der Waals surface area contributed by atoms with Crippen LogP contribution in [0.1, 0.15) is 0 Å². The molecule has 1 heterocycles. The third kappa shape index (κ3) is 1.61. The van der Waals surface area contributed by atoms with Gasteiger partial charge >= 0.3 is 5.76 Å². The van der Waals surface area contributed by atoms with Crippen LogP contribution in [-0.4, -0.2) is 18.3 Å². The maximum atomic E-state index is 11.5. The van der Waals surface area contributed by atoms with E-state index >= 15 is 0 Å². The zero-order chi connectivity index (χ0) is 10.8. The Morgan fingerprint density at radius 1 is 1.53 bits per heavy atom. The second kappa shape index (κ2) is 3.78. The van der Waals surface area contributed by atoms with E-state index in [1.165, 1.54) is 4.57 Å². The van der Waals surface area contributed by atoms with Crippen molar-refractivity contribution in [2.45, 2.75) is 6.54 Å². The largest absolute Gasteiger partial charge is 0.420 e. The van der Waals surface area contributed by atoms with E-state index in [-0.39, 0.29) is 0 Å². The summed E-state index contributed by atoms with van der Waals surface area (Å²) in [6.07, 6.45) is 0. The van der Waals surface area contributed by atoms with Crippen molar-refractivity contribution in [1.29, 1.82) is 0 Å². The molecule has 80 valence electrons. The zero-order valence-electron chi connectivity index (χ0n) is 8.40. The Morgan fingerprint density at radius 2 is 2.33 bits per heavy atom. The van der Waals surface area contributed by atoms with Gasteiger partial charge in [0.15, 0.2) is 5.58 Å². The van der Waals surface area contributed by atoms with Crippen molar-refractivity contribution in [3.8, 4) is 0 Å². The number of oxazole rings is 1.